The number of aromatic nitrogens is 2. The average Bonchev–Trinajstić information content (AvgIpc) is 2.98. The van der Waals surface area contributed by atoms with E-state index in [4.69, 9.17) is 4.52 Å². The first-order valence-electron chi connectivity index (χ1n) is 5.44. The van der Waals surface area contributed by atoms with Gasteiger partial charge in [-0.05, 0) is 50.1 Å². The normalized spacial score (nSPS) is 10.8. The van der Waals surface area contributed by atoms with Crippen LogP contribution in [0.5, 0.6) is 5.75 Å². The minimum Gasteiger partial charge on any atom is -0.507 e. The van der Waals surface area contributed by atoms with Crippen LogP contribution < -0.4 is 0 Å². The van der Waals surface area contributed by atoms with Gasteiger partial charge in [0.25, 0.3) is 0 Å². The number of phenolic OH excluding ortho intramolecular Hbond substituents is 1. The summed E-state index contributed by atoms with van der Waals surface area (Å²) < 4.78 is 7.04. The second-order valence-corrected chi connectivity index (χ2v) is 5.59. The maximum absolute atomic E-state index is 9.79. The Morgan fingerprint density at radius 2 is 1.95 bits per heavy atom. The predicted octanol–water partition coefficient (Wildman–Crippen LogP) is 4.57. The lowest BCUT2D eigenvalue weighted by Crippen LogP contribution is -1.77. The summed E-state index contributed by atoms with van der Waals surface area (Å²) >= 11 is 6.77. The first-order chi connectivity index (χ1) is 9.15. The molecule has 2 heterocycles. The number of rotatable bonds is 2. The second kappa shape index (κ2) is 4.86. The molecule has 0 unspecified atom stereocenters. The summed E-state index contributed by atoms with van der Waals surface area (Å²) in [7, 11) is 0. The molecule has 0 bridgehead atoms. The molecule has 6 heteroatoms. The Hall–Kier alpha value is -1.53. The van der Waals surface area contributed by atoms with Crippen LogP contribution in [0.3, 0.4) is 0 Å². The molecule has 1 aromatic carbocycles. The third-order valence-electron chi connectivity index (χ3n) is 2.68. The minimum absolute atomic E-state index is 0.177. The molecule has 3 rings (SSSR count). The van der Waals surface area contributed by atoms with E-state index in [0.717, 1.165) is 14.8 Å². The van der Waals surface area contributed by atoms with Crippen molar-refractivity contribution >= 4 is 31.9 Å². The molecule has 0 saturated carbocycles. The van der Waals surface area contributed by atoms with Crippen LogP contribution in [0.25, 0.3) is 22.7 Å². The lowest BCUT2D eigenvalue weighted by atomic mass is 10.1. The van der Waals surface area contributed by atoms with Gasteiger partial charge in [-0.2, -0.15) is 0 Å². The van der Waals surface area contributed by atoms with Crippen molar-refractivity contribution < 1.29 is 9.63 Å². The van der Waals surface area contributed by atoms with Crippen LogP contribution in [-0.2, 0) is 0 Å². The highest BCUT2D eigenvalue weighted by Gasteiger charge is 2.13. The zero-order valence-corrected chi connectivity index (χ0v) is 12.7. The zero-order valence-electron chi connectivity index (χ0n) is 9.52. The molecular formula is C13H8Br2N2O2. The minimum atomic E-state index is 0.177. The fourth-order valence-corrected chi connectivity index (χ4v) is 2.41. The number of benzene rings is 1. The Kier molecular flexibility index (Phi) is 3.20. The van der Waals surface area contributed by atoms with E-state index in [0.29, 0.717) is 17.0 Å². The van der Waals surface area contributed by atoms with Crippen LogP contribution in [0.1, 0.15) is 0 Å². The quantitative estimate of drug-likeness (QED) is 0.681. The van der Waals surface area contributed by atoms with Gasteiger partial charge < -0.3 is 14.6 Å². The first kappa shape index (κ1) is 12.5. The monoisotopic (exact) mass is 382 g/mol. The van der Waals surface area contributed by atoms with E-state index in [2.05, 4.69) is 42.0 Å². The van der Waals surface area contributed by atoms with Crippen LogP contribution in [0.15, 0.2) is 50.0 Å². The van der Waals surface area contributed by atoms with E-state index in [1.54, 1.807) is 24.3 Å². The van der Waals surface area contributed by atoms with Gasteiger partial charge in [0, 0.05) is 11.6 Å². The smallest absolute Gasteiger partial charge is 0.183 e. The van der Waals surface area contributed by atoms with Crippen LogP contribution in [0.2, 0.25) is 0 Å². The van der Waals surface area contributed by atoms with Gasteiger partial charge >= 0.3 is 0 Å². The second-order valence-electron chi connectivity index (χ2n) is 3.94. The van der Waals surface area contributed by atoms with Crippen molar-refractivity contribution in [3.8, 4) is 28.5 Å². The molecule has 96 valence electrons. The van der Waals surface area contributed by atoms with Crippen LogP contribution in [0, 0.1) is 0 Å². The number of aromatic hydroxyl groups is 1. The van der Waals surface area contributed by atoms with Crippen molar-refractivity contribution in [1.82, 2.24) is 10.1 Å². The molecular weight excluding hydrogens is 376 g/mol. The number of hydrogen-bond donors (Lipinski definition) is 2. The molecule has 2 aromatic heterocycles. The third kappa shape index (κ3) is 2.33. The number of nitrogens with one attached hydrogen (secondary N) is 1. The van der Waals surface area contributed by atoms with E-state index < -0.39 is 0 Å². The molecule has 0 aliphatic carbocycles. The highest BCUT2D eigenvalue weighted by Crippen LogP contribution is 2.33. The number of nitrogens with zero attached hydrogens (tertiary/aromatic N) is 1. The fourth-order valence-electron chi connectivity index (χ4n) is 1.76. The molecule has 0 radical (unpaired) electrons. The number of hydrogen-bond acceptors (Lipinski definition) is 3. The summed E-state index contributed by atoms with van der Waals surface area (Å²) in [6.45, 7) is 0. The van der Waals surface area contributed by atoms with E-state index in [1.165, 1.54) is 0 Å². The summed E-state index contributed by atoms with van der Waals surface area (Å²) in [6.07, 6.45) is 0. The Balaban J connectivity index is 2.02. The predicted molar refractivity (Wildman–Crippen MR) is 78.8 cm³/mol. The average molecular weight is 384 g/mol. The molecule has 0 aliphatic heterocycles. The number of halogens is 2. The van der Waals surface area contributed by atoms with Crippen molar-refractivity contribution in [2.24, 2.45) is 0 Å². The maximum atomic E-state index is 9.79. The third-order valence-corrected chi connectivity index (χ3v) is 4.46. The largest absolute Gasteiger partial charge is 0.507 e. The Morgan fingerprint density at radius 1 is 1.16 bits per heavy atom. The SMILES string of the molecule is Oc1ccccc1-c1cc(-c2cc(Br)c(Br)[nH]2)on1. The van der Waals surface area contributed by atoms with Gasteiger partial charge in [-0.15, -0.1) is 0 Å². The summed E-state index contributed by atoms with van der Waals surface area (Å²) in [6, 6.07) is 10.7. The Labute approximate surface area is 125 Å². The lowest BCUT2D eigenvalue weighted by Gasteiger charge is -1.97. The maximum Gasteiger partial charge on any atom is 0.183 e. The molecule has 0 amide bonds. The van der Waals surface area contributed by atoms with Gasteiger partial charge in [0.1, 0.15) is 11.4 Å². The zero-order chi connectivity index (χ0) is 13.4. The van der Waals surface area contributed by atoms with Gasteiger partial charge in [0.05, 0.1) is 14.8 Å². The van der Waals surface area contributed by atoms with Crippen molar-refractivity contribution in [3.05, 3.63) is 45.5 Å². The summed E-state index contributed by atoms with van der Waals surface area (Å²) in [5, 5.41) is 13.8. The molecule has 3 aromatic rings. The lowest BCUT2D eigenvalue weighted by molar-refractivity contribution is 0.432. The molecule has 19 heavy (non-hydrogen) atoms. The van der Waals surface area contributed by atoms with E-state index in [-0.39, 0.29) is 5.75 Å². The molecule has 2 N–H and O–H groups in total. The van der Waals surface area contributed by atoms with Gasteiger partial charge in [-0.3, -0.25) is 0 Å². The molecule has 4 nitrogen and oxygen atoms in total. The molecule has 0 saturated heterocycles. The molecule has 0 aliphatic rings. The van der Waals surface area contributed by atoms with Crippen LogP contribution >= 0.6 is 31.9 Å². The van der Waals surface area contributed by atoms with Gasteiger partial charge in [0.15, 0.2) is 5.76 Å². The topological polar surface area (TPSA) is 62.0 Å². The highest BCUT2D eigenvalue weighted by molar-refractivity contribution is 9.13. The van der Waals surface area contributed by atoms with Gasteiger partial charge in [-0.1, -0.05) is 17.3 Å². The molecule has 0 fully saturated rings. The van der Waals surface area contributed by atoms with Crippen molar-refractivity contribution in [1.29, 1.82) is 0 Å². The Bertz CT molecular complexity index is 714. The number of H-pyrrole nitrogens is 1. The molecule has 0 atom stereocenters. The number of phenols is 1. The van der Waals surface area contributed by atoms with E-state index in [9.17, 15) is 5.11 Å². The van der Waals surface area contributed by atoms with Crippen LogP contribution in [0.4, 0.5) is 0 Å². The number of aromatic amines is 1. The molecule has 0 spiro atoms. The van der Waals surface area contributed by atoms with Crippen LogP contribution in [-0.4, -0.2) is 15.2 Å². The summed E-state index contributed by atoms with van der Waals surface area (Å²) in [5.41, 5.74) is 2.03. The highest BCUT2D eigenvalue weighted by atomic mass is 79.9. The van der Waals surface area contributed by atoms with Crippen molar-refractivity contribution in [3.63, 3.8) is 0 Å². The van der Waals surface area contributed by atoms with Gasteiger partial charge in [-0.25, -0.2) is 0 Å². The van der Waals surface area contributed by atoms with Crippen molar-refractivity contribution in [2.75, 3.05) is 0 Å². The standard InChI is InChI=1S/C13H8Br2N2O2/c14-8-5-10(16-13(8)15)12-6-9(17-19-12)7-3-1-2-4-11(7)18/h1-6,16,18H. The Morgan fingerprint density at radius 3 is 2.63 bits per heavy atom. The van der Waals surface area contributed by atoms with E-state index >= 15 is 0 Å². The summed E-state index contributed by atoms with van der Waals surface area (Å²) in [4.78, 5) is 3.11. The number of para-hydroxylation sites is 1. The van der Waals surface area contributed by atoms with E-state index in [1.807, 2.05) is 12.1 Å². The van der Waals surface area contributed by atoms with Crippen molar-refractivity contribution in [2.45, 2.75) is 0 Å². The summed E-state index contributed by atoms with van der Waals surface area (Å²) in [5.74, 6) is 0.779. The first-order valence-corrected chi connectivity index (χ1v) is 7.03. The van der Waals surface area contributed by atoms with Gasteiger partial charge in [0.2, 0.25) is 0 Å². The fraction of sp³-hybridized carbons (Fsp3) is 0.